The van der Waals surface area contributed by atoms with Crippen molar-refractivity contribution in [2.75, 3.05) is 16.8 Å². The maximum atomic E-state index is 12.0. The monoisotopic (exact) mass is 420 g/mol. The molecule has 0 fully saturated rings. The second-order valence-electron chi connectivity index (χ2n) is 5.64. The quantitative estimate of drug-likeness (QED) is 0.460. The average molecular weight is 420 g/mol. The summed E-state index contributed by atoms with van der Waals surface area (Å²) in [6, 6.07) is 13.2. The molecule has 11 heteroatoms. The second-order valence-corrected chi connectivity index (χ2v) is 7.63. The van der Waals surface area contributed by atoms with Gasteiger partial charge >= 0.3 is 5.97 Å². The molecule has 0 aliphatic carbocycles. The molecule has 0 aliphatic rings. The Labute approximate surface area is 165 Å². The number of nitrogens with zero attached hydrogens (tertiary/aromatic N) is 1. The Balaban J connectivity index is 0.000000313. The number of carboxylic acids is 1. The number of nitrogens with two attached hydrogens (primary N) is 1. The molecule has 1 aromatic heterocycles. The molecule has 152 valence electrons. The number of H-pyrrole nitrogens is 1. The Bertz CT molecular complexity index is 1060. The van der Waals surface area contributed by atoms with Crippen molar-refractivity contribution >= 4 is 33.1 Å². The molecule has 29 heavy (non-hydrogen) atoms. The predicted octanol–water partition coefficient (Wildman–Crippen LogP) is 1.93. The van der Waals surface area contributed by atoms with Crippen molar-refractivity contribution in [2.45, 2.75) is 4.90 Å². The fourth-order valence-corrected chi connectivity index (χ4v) is 3.23. The van der Waals surface area contributed by atoms with Crippen LogP contribution in [-0.2, 0) is 14.6 Å². The van der Waals surface area contributed by atoms with Crippen molar-refractivity contribution < 1.29 is 27.5 Å². The molecular formula is C18H17FN4O5S. The van der Waals surface area contributed by atoms with Crippen LogP contribution in [0.4, 0.5) is 15.8 Å². The van der Waals surface area contributed by atoms with Crippen LogP contribution in [-0.4, -0.2) is 41.4 Å². The zero-order valence-corrected chi connectivity index (χ0v) is 15.7. The summed E-state index contributed by atoms with van der Waals surface area (Å²) in [5.41, 5.74) is 5.44. The topological polar surface area (TPSA) is 155 Å². The highest BCUT2D eigenvalue weighted by atomic mass is 32.2. The number of hydrogen-bond donors (Lipinski definition) is 4. The molecule has 1 amide bonds. The van der Waals surface area contributed by atoms with Gasteiger partial charge in [-0.15, -0.1) is 0 Å². The summed E-state index contributed by atoms with van der Waals surface area (Å²) in [7, 11) is -3.79. The van der Waals surface area contributed by atoms with Crippen LogP contribution in [0.15, 0.2) is 65.7 Å². The van der Waals surface area contributed by atoms with Crippen molar-refractivity contribution in [3.05, 3.63) is 72.3 Å². The second kappa shape index (κ2) is 9.46. The molecule has 0 bridgehead atoms. The van der Waals surface area contributed by atoms with Crippen molar-refractivity contribution in [1.82, 2.24) is 10.2 Å². The van der Waals surface area contributed by atoms with Gasteiger partial charge in [0.25, 0.3) is 0 Å². The van der Waals surface area contributed by atoms with E-state index in [1.807, 2.05) is 0 Å². The third kappa shape index (κ3) is 6.43. The molecule has 1 heterocycles. The highest BCUT2D eigenvalue weighted by Crippen LogP contribution is 2.14. The SMILES string of the molecule is Nc1ccc(F)cc1.O=C(CS(=O)(=O)c1ccccc1)Nc1cn[nH]c1C(=O)O. The Morgan fingerprint density at radius 3 is 2.28 bits per heavy atom. The lowest BCUT2D eigenvalue weighted by molar-refractivity contribution is -0.113. The number of rotatable bonds is 5. The van der Waals surface area contributed by atoms with Gasteiger partial charge in [-0.25, -0.2) is 17.6 Å². The molecule has 0 unspecified atom stereocenters. The number of amides is 1. The minimum Gasteiger partial charge on any atom is -0.476 e. The smallest absolute Gasteiger partial charge is 0.356 e. The lowest BCUT2D eigenvalue weighted by Gasteiger charge is -2.05. The summed E-state index contributed by atoms with van der Waals surface area (Å²) >= 11 is 0. The van der Waals surface area contributed by atoms with Gasteiger partial charge in [-0.2, -0.15) is 5.10 Å². The molecule has 0 atom stereocenters. The number of nitrogens with one attached hydrogen (secondary N) is 2. The van der Waals surface area contributed by atoms with Crippen LogP contribution < -0.4 is 11.1 Å². The maximum Gasteiger partial charge on any atom is 0.356 e. The Kier molecular flexibility index (Phi) is 7.04. The van der Waals surface area contributed by atoms with E-state index in [0.717, 1.165) is 6.20 Å². The van der Waals surface area contributed by atoms with Crippen molar-refractivity contribution in [3.63, 3.8) is 0 Å². The number of benzene rings is 2. The molecule has 0 radical (unpaired) electrons. The molecule has 0 saturated carbocycles. The van der Waals surface area contributed by atoms with Gasteiger partial charge in [0.1, 0.15) is 11.6 Å². The van der Waals surface area contributed by atoms with Gasteiger partial charge in [-0.1, -0.05) is 18.2 Å². The van der Waals surface area contributed by atoms with E-state index in [0.29, 0.717) is 5.69 Å². The molecular weight excluding hydrogens is 403 g/mol. The van der Waals surface area contributed by atoms with Gasteiger partial charge in [-0.3, -0.25) is 9.89 Å². The summed E-state index contributed by atoms with van der Waals surface area (Å²) < 4.78 is 36.0. The van der Waals surface area contributed by atoms with Crippen LogP contribution in [0.25, 0.3) is 0 Å². The normalized spacial score (nSPS) is 10.5. The summed E-state index contributed by atoms with van der Waals surface area (Å²) in [6.45, 7) is 0. The zero-order chi connectivity index (χ0) is 21.4. The first-order valence-electron chi connectivity index (χ1n) is 8.04. The Hall–Kier alpha value is -3.73. The van der Waals surface area contributed by atoms with E-state index in [2.05, 4.69) is 15.5 Å². The molecule has 0 saturated heterocycles. The van der Waals surface area contributed by atoms with Gasteiger partial charge in [0.05, 0.1) is 16.8 Å². The van der Waals surface area contributed by atoms with Crippen LogP contribution >= 0.6 is 0 Å². The van der Waals surface area contributed by atoms with Gasteiger partial charge in [0.2, 0.25) is 5.91 Å². The first-order valence-corrected chi connectivity index (χ1v) is 9.69. The van der Waals surface area contributed by atoms with Gasteiger partial charge < -0.3 is 16.2 Å². The third-order valence-corrected chi connectivity index (χ3v) is 5.05. The van der Waals surface area contributed by atoms with E-state index in [-0.39, 0.29) is 22.1 Å². The number of sulfone groups is 1. The lowest BCUT2D eigenvalue weighted by atomic mass is 10.3. The molecule has 5 N–H and O–H groups in total. The fraction of sp³-hybridized carbons (Fsp3) is 0.0556. The molecule has 0 spiro atoms. The first kappa shape index (κ1) is 21.6. The number of carboxylic acid groups (broad SMARTS) is 1. The number of carbonyl (C=O) groups is 2. The maximum absolute atomic E-state index is 12.0. The molecule has 3 rings (SSSR count). The number of aromatic nitrogens is 2. The van der Waals surface area contributed by atoms with E-state index >= 15 is 0 Å². The third-order valence-electron chi connectivity index (χ3n) is 3.42. The summed E-state index contributed by atoms with van der Waals surface area (Å²) in [5, 5.41) is 16.7. The number of carbonyl (C=O) groups excluding carboxylic acids is 1. The average Bonchev–Trinajstić information content (AvgIpc) is 3.13. The van der Waals surface area contributed by atoms with E-state index in [9.17, 15) is 22.4 Å². The first-order chi connectivity index (χ1) is 13.7. The van der Waals surface area contributed by atoms with Crippen molar-refractivity contribution in [2.24, 2.45) is 0 Å². The van der Waals surface area contributed by atoms with Crippen LogP contribution in [0.3, 0.4) is 0 Å². The van der Waals surface area contributed by atoms with Crippen molar-refractivity contribution in [3.8, 4) is 0 Å². The number of hydrogen-bond acceptors (Lipinski definition) is 6. The van der Waals surface area contributed by atoms with E-state index in [1.54, 1.807) is 18.2 Å². The van der Waals surface area contributed by atoms with Gasteiger partial charge in [-0.05, 0) is 36.4 Å². The number of aromatic carboxylic acids is 1. The minimum atomic E-state index is -3.79. The van der Waals surface area contributed by atoms with Crippen LogP contribution in [0.5, 0.6) is 0 Å². The van der Waals surface area contributed by atoms with E-state index in [4.69, 9.17) is 10.8 Å². The zero-order valence-electron chi connectivity index (χ0n) is 14.9. The lowest BCUT2D eigenvalue weighted by Crippen LogP contribution is -2.23. The standard InChI is InChI=1S/C12H11N3O5S.C6H6FN/c16-10(14-9-6-13-15-11(9)12(17)18)7-21(19,20)8-4-2-1-3-5-8;7-5-1-3-6(8)4-2-5/h1-6H,7H2,(H,13,15)(H,14,16)(H,17,18);1-4H,8H2. The fourth-order valence-electron chi connectivity index (χ4n) is 2.08. The number of anilines is 2. The van der Waals surface area contributed by atoms with Gasteiger partial charge in [0, 0.05) is 5.69 Å². The summed E-state index contributed by atoms with van der Waals surface area (Å²) in [5.74, 6) is -3.20. The number of nitrogen functional groups attached to an aromatic ring is 1. The molecule has 9 nitrogen and oxygen atoms in total. The molecule has 2 aromatic carbocycles. The Morgan fingerprint density at radius 1 is 1.10 bits per heavy atom. The molecule has 3 aromatic rings. The van der Waals surface area contributed by atoms with E-state index < -0.39 is 27.5 Å². The predicted molar refractivity (Wildman–Crippen MR) is 103 cm³/mol. The minimum absolute atomic E-state index is 0.0193. The van der Waals surface area contributed by atoms with Crippen LogP contribution in [0, 0.1) is 5.82 Å². The van der Waals surface area contributed by atoms with Gasteiger partial charge in [0.15, 0.2) is 15.5 Å². The largest absolute Gasteiger partial charge is 0.476 e. The van der Waals surface area contributed by atoms with Crippen LogP contribution in [0.1, 0.15) is 10.5 Å². The highest BCUT2D eigenvalue weighted by molar-refractivity contribution is 7.92. The van der Waals surface area contributed by atoms with Crippen LogP contribution in [0.2, 0.25) is 0 Å². The summed E-state index contributed by atoms with van der Waals surface area (Å²) in [6.07, 6.45) is 1.09. The number of aromatic amines is 1. The van der Waals surface area contributed by atoms with E-state index in [1.165, 1.54) is 36.4 Å². The highest BCUT2D eigenvalue weighted by Gasteiger charge is 2.21. The van der Waals surface area contributed by atoms with Crippen molar-refractivity contribution in [1.29, 1.82) is 0 Å². The molecule has 0 aliphatic heterocycles. The number of halogens is 1. The Morgan fingerprint density at radius 2 is 1.72 bits per heavy atom. The summed E-state index contributed by atoms with van der Waals surface area (Å²) in [4.78, 5) is 22.6.